The summed E-state index contributed by atoms with van der Waals surface area (Å²) in [6, 6.07) is 7.22. The van der Waals surface area contributed by atoms with Crippen LogP contribution < -0.4 is 20.9 Å². The zero-order valence-electron chi connectivity index (χ0n) is 33.2. The zero-order valence-corrected chi connectivity index (χ0v) is 33.2. The van der Waals surface area contributed by atoms with Gasteiger partial charge < -0.3 is 29.5 Å². The summed E-state index contributed by atoms with van der Waals surface area (Å²) in [5.74, 6) is -1.41. The van der Waals surface area contributed by atoms with Gasteiger partial charge in [-0.15, -0.1) is 0 Å². The van der Waals surface area contributed by atoms with Gasteiger partial charge in [0, 0.05) is 43.8 Å². The van der Waals surface area contributed by atoms with E-state index in [0.717, 1.165) is 38.6 Å². The largest absolute Gasteiger partial charge is 0.375 e. The van der Waals surface area contributed by atoms with Gasteiger partial charge in [-0.2, -0.15) is 10.2 Å². The summed E-state index contributed by atoms with van der Waals surface area (Å²) in [5, 5.41) is 21.2. The van der Waals surface area contributed by atoms with Crippen LogP contribution in [0.25, 0.3) is 16.6 Å². The molecule has 1 aromatic carbocycles. The molecule has 18 nitrogen and oxygen atoms in total. The third-order valence-electron chi connectivity index (χ3n) is 12.7. The molecule has 0 unspecified atom stereocenters. The summed E-state index contributed by atoms with van der Waals surface area (Å²) in [6.07, 6.45) is 7.80. The molecule has 5 fully saturated rings. The second-order valence-electron chi connectivity index (χ2n) is 16.6. The van der Waals surface area contributed by atoms with Crippen LogP contribution in [0.2, 0.25) is 0 Å². The van der Waals surface area contributed by atoms with Crippen molar-refractivity contribution in [2.75, 3.05) is 48.3 Å². The molecule has 3 N–H and O–H groups in total. The van der Waals surface area contributed by atoms with Crippen LogP contribution in [0.3, 0.4) is 0 Å². The first-order valence-electron chi connectivity index (χ1n) is 20.9. The monoisotopic (exact) mass is 841 g/mol. The van der Waals surface area contributed by atoms with Crippen molar-refractivity contribution >= 4 is 57.4 Å². The highest BCUT2D eigenvalue weighted by atomic mass is 19.3. The highest BCUT2D eigenvalue weighted by Crippen LogP contribution is 2.37. The molecule has 4 aromatic heterocycles. The maximum Gasteiger partial charge on any atom is 0.284 e. The Labute approximate surface area is 347 Å². The quantitative estimate of drug-likeness (QED) is 0.159. The number of morpholine rings is 1. The number of aromatic nitrogens is 6. The first kappa shape index (κ1) is 39.3. The molecule has 4 aliphatic heterocycles. The smallest absolute Gasteiger partial charge is 0.284 e. The average molecular weight is 842 g/mol. The predicted octanol–water partition coefficient (Wildman–Crippen LogP) is 4.36. The molecule has 3 atom stereocenters. The number of piperidine rings is 2. The molecule has 1 aliphatic carbocycles. The minimum atomic E-state index is -2.89. The fraction of sp³-hybridized carbons (Fsp3) is 0.512. The average Bonchev–Trinajstić information content (AvgIpc) is 4.11. The van der Waals surface area contributed by atoms with E-state index in [1.807, 2.05) is 6.07 Å². The lowest BCUT2D eigenvalue weighted by atomic mass is 9.92. The number of nitrogens with zero attached hydrogens (tertiary/aromatic N) is 8. The Bertz CT molecular complexity index is 2490. The van der Waals surface area contributed by atoms with Crippen LogP contribution in [0.4, 0.5) is 26.0 Å². The fourth-order valence-electron chi connectivity index (χ4n) is 9.50. The number of imide groups is 1. The van der Waals surface area contributed by atoms with Crippen molar-refractivity contribution in [1.29, 1.82) is 0 Å². The van der Waals surface area contributed by atoms with Gasteiger partial charge in [0.15, 0.2) is 16.9 Å². The number of alkyl halides is 2. The lowest BCUT2D eigenvalue weighted by Gasteiger charge is -2.36. The lowest BCUT2D eigenvalue weighted by molar-refractivity contribution is -0.134. The fourth-order valence-corrected chi connectivity index (χ4v) is 9.50. The van der Waals surface area contributed by atoms with Gasteiger partial charge in [-0.05, 0) is 69.6 Å². The summed E-state index contributed by atoms with van der Waals surface area (Å²) < 4.78 is 49.4. The molecule has 0 radical (unpaired) electrons. The van der Waals surface area contributed by atoms with Crippen LogP contribution >= 0.6 is 0 Å². The number of hydrogen-bond acceptors (Lipinski definition) is 13. The molecule has 5 aromatic rings. The van der Waals surface area contributed by atoms with E-state index in [4.69, 9.17) is 19.0 Å². The number of amides is 4. The molecule has 8 heterocycles. The van der Waals surface area contributed by atoms with Gasteiger partial charge in [-0.1, -0.05) is 11.2 Å². The molecule has 320 valence electrons. The van der Waals surface area contributed by atoms with Gasteiger partial charge in [0.05, 0.1) is 67.0 Å². The van der Waals surface area contributed by atoms with Crippen molar-refractivity contribution in [2.24, 2.45) is 0 Å². The number of ether oxygens (including phenoxy) is 2. The Kier molecular flexibility index (Phi) is 10.4. The van der Waals surface area contributed by atoms with Crippen molar-refractivity contribution < 1.29 is 42.0 Å². The van der Waals surface area contributed by atoms with Crippen LogP contribution in [0.15, 0.2) is 47.4 Å². The lowest BCUT2D eigenvalue weighted by Crippen LogP contribution is -2.42. The summed E-state index contributed by atoms with van der Waals surface area (Å²) in [6.45, 7) is 2.90. The first-order chi connectivity index (χ1) is 29.6. The van der Waals surface area contributed by atoms with Crippen molar-refractivity contribution in [3.8, 4) is 0 Å². The Hall–Kier alpha value is -5.86. The molecule has 5 aliphatic rings. The minimum Gasteiger partial charge on any atom is -0.375 e. The SMILES string of the molecule is O=C1CC[C@@H](c2noc3c(NC(=O)CN4CCC(OC5CCC(n6cc(NC(=O)c7cnn8ccc(N9C[C@H]%10C[C@@H]9CO%10)nc78)c(C(F)F)n6)CC5)CC4)cccc23)C(=O)N1. The van der Waals surface area contributed by atoms with Crippen LogP contribution in [-0.4, -0.2) is 115 Å². The number of anilines is 3. The van der Waals surface area contributed by atoms with E-state index >= 15 is 0 Å². The van der Waals surface area contributed by atoms with Gasteiger partial charge in [0.25, 0.3) is 12.3 Å². The van der Waals surface area contributed by atoms with Gasteiger partial charge in [0.2, 0.25) is 17.7 Å². The van der Waals surface area contributed by atoms with Crippen molar-refractivity contribution in [3.05, 3.63) is 59.8 Å². The van der Waals surface area contributed by atoms with Gasteiger partial charge in [-0.25, -0.2) is 18.3 Å². The van der Waals surface area contributed by atoms with Gasteiger partial charge >= 0.3 is 0 Å². The van der Waals surface area contributed by atoms with Crippen molar-refractivity contribution in [1.82, 2.24) is 39.8 Å². The van der Waals surface area contributed by atoms with Crippen LogP contribution in [0, 0.1) is 0 Å². The second-order valence-corrected chi connectivity index (χ2v) is 16.6. The maximum atomic E-state index is 14.3. The van der Waals surface area contributed by atoms with Crippen LogP contribution in [0.1, 0.15) is 97.9 Å². The Morgan fingerprint density at radius 3 is 2.56 bits per heavy atom. The Morgan fingerprint density at radius 1 is 0.984 bits per heavy atom. The summed E-state index contributed by atoms with van der Waals surface area (Å²) in [4.78, 5) is 59.7. The second kappa shape index (κ2) is 16.2. The van der Waals surface area contributed by atoms with Gasteiger partial charge in [-0.3, -0.25) is 34.1 Å². The molecule has 10 rings (SSSR count). The first-order valence-corrected chi connectivity index (χ1v) is 20.9. The zero-order chi connectivity index (χ0) is 41.8. The van der Waals surface area contributed by atoms with E-state index in [2.05, 4.69) is 41.1 Å². The number of rotatable bonds is 11. The third kappa shape index (κ3) is 7.83. The summed E-state index contributed by atoms with van der Waals surface area (Å²) in [7, 11) is 0. The number of fused-ring (bicyclic) bond motifs is 4. The van der Waals surface area contributed by atoms with Gasteiger partial charge in [0.1, 0.15) is 17.1 Å². The van der Waals surface area contributed by atoms with Crippen molar-refractivity contribution in [3.63, 3.8) is 0 Å². The van der Waals surface area contributed by atoms with Crippen molar-refractivity contribution in [2.45, 2.75) is 101 Å². The molecule has 20 heteroatoms. The highest BCUT2D eigenvalue weighted by molar-refractivity contribution is 6.08. The van der Waals surface area contributed by atoms with E-state index < -0.39 is 29.9 Å². The van der Waals surface area contributed by atoms with E-state index in [9.17, 15) is 28.0 Å². The molecule has 4 amide bonds. The molecule has 0 spiro atoms. The molecule has 2 bridgehead atoms. The predicted molar refractivity (Wildman–Crippen MR) is 213 cm³/mol. The normalized spacial score (nSPS) is 24.9. The number of carbonyl (C=O) groups excluding carboxylic acids is 4. The van der Waals surface area contributed by atoms with Crippen LogP contribution in [-0.2, 0) is 23.9 Å². The number of benzene rings is 1. The standard InChI is InChI=1S/C41H45F2N11O7/c42-38(43)36-31(46-41(58)29-17-44-53-15-12-32(47-39(29)53)52-18-26-16-23(52)21-59-26)19-54(49-36)22-4-6-24(7-5-22)60-25-10-13-51(14-11-25)20-34(56)45-30-3-1-2-27-35(50-61-37(27)30)28-8-9-33(55)48-40(28)57/h1-3,12,15,17,19,22-26,28,38H,4-11,13-14,16,18,20-21H2,(H,45,56)(H,46,58)(H,48,55,57)/t22?,23-,24?,26-,28+/m1/s1. The molecule has 1 saturated carbocycles. The number of nitrogens with one attached hydrogen (secondary N) is 3. The van der Waals surface area contributed by atoms with E-state index in [1.54, 1.807) is 29.1 Å². The molecular weight excluding hydrogens is 797 g/mol. The molecule has 4 saturated heterocycles. The number of carbonyl (C=O) groups is 4. The van der Waals surface area contributed by atoms with E-state index in [0.29, 0.717) is 72.8 Å². The Morgan fingerprint density at radius 2 is 1.80 bits per heavy atom. The summed E-state index contributed by atoms with van der Waals surface area (Å²) >= 11 is 0. The number of halogens is 2. The Balaban J connectivity index is 0.699. The molecule has 61 heavy (non-hydrogen) atoms. The number of likely N-dealkylation sites (tertiary alicyclic amines) is 1. The minimum absolute atomic E-state index is 0.0177. The third-order valence-corrected chi connectivity index (χ3v) is 12.7. The van der Waals surface area contributed by atoms with E-state index in [1.165, 1.54) is 16.9 Å². The molecular formula is C41H45F2N11O7. The summed E-state index contributed by atoms with van der Waals surface area (Å²) in [5.41, 5.74) is 1.25. The maximum absolute atomic E-state index is 14.3. The highest BCUT2D eigenvalue weighted by Gasteiger charge is 2.40. The number of hydrogen-bond donors (Lipinski definition) is 3. The van der Waals surface area contributed by atoms with Crippen LogP contribution in [0.5, 0.6) is 0 Å². The number of para-hydroxylation sites is 1. The van der Waals surface area contributed by atoms with E-state index in [-0.39, 0.29) is 66.4 Å². The topological polar surface area (TPSA) is 203 Å².